The fraction of sp³-hybridized carbons (Fsp3) is 0.471. The van der Waals surface area contributed by atoms with Crippen molar-refractivity contribution in [3.8, 4) is 5.75 Å². The van der Waals surface area contributed by atoms with E-state index in [2.05, 4.69) is 81.4 Å². The molecule has 43 heavy (non-hydrogen) atoms. The van der Waals surface area contributed by atoms with E-state index in [1.54, 1.807) is 0 Å². The molecule has 8 nitrogen and oxygen atoms in total. The monoisotopic (exact) mass is 611 g/mol. The summed E-state index contributed by atoms with van der Waals surface area (Å²) in [5.74, 6) is 0.674. The second-order valence-corrected chi connectivity index (χ2v) is 15.3. The standard InChI is InChI=1S/C34H49NO7Si/c1-34(2,3)43(30-12-6-4-7-13-30,31-14-8-5-9-15-31)42-29-27-40-25-23-38-21-19-36-18-20-37-22-24-39-26-28-41-33-17-11-10-16-32(33)35/h4-17H,18-29,35H2,1-3H3. The number of nitrogens with two attached hydrogens (primary N) is 1. The van der Waals surface area contributed by atoms with Crippen molar-refractivity contribution in [3.05, 3.63) is 84.9 Å². The minimum atomic E-state index is -2.53. The van der Waals surface area contributed by atoms with E-state index < -0.39 is 8.32 Å². The Labute approximate surface area is 258 Å². The van der Waals surface area contributed by atoms with E-state index >= 15 is 0 Å². The molecule has 0 aromatic heterocycles. The van der Waals surface area contributed by atoms with Crippen LogP contribution in [-0.4, -0.2) is 87.6 Å². The molecule has 236 valence electrons. The molecule has 0 spiro atoms. The highest BCUT2D eigenvalue weighted by Gasteiger charge is 2.49. The van der Waals surface area contributed by atoms with Crippen molar-refractivity contribution in [2.24, 2.45) is 0 Å². The van der Waals surface area contributed by atoms with Crippen molar-refractivity contribution in [1.29, 1.82) is 0 Å². The van der Waals surface area contributed by atoms with Gasteiger partial charge >= 0.3 is 0 Å². The van der Waals surface area contributed by atoms with Gasteiger partial charge in [-0.1, -0.05) is 93.6 Å². The molecule has 9 heteroatoms. The molecule has 0 aliphatic rings. The second-order valence-electron chi connectivity index (χ2n) is 11.0. The molecule has 0 fully saturated rings. The lowest BCUT2D eigenvalue weighted by molar-refractivity contribution is -0.0143. The Morgan fingerprint density at radius 3 is 1.28 bits per heavy atom. The molecule has 0 saturated carbocycles. The number of anilines is 1. The van der Waals surface area contributed by atoms with E-state index in [4.69, 9.17) is 38.6 Å². The first-order valence-electron chi connectivity index (χ1n) is 15.1. The van der Waals surface area contributed by atoms with Crippen molar-refractivity contribution in [1.82, 2.24) is 0 Å². The number of benzene rings is 3. The number of hydrogen-bond acceptors (Lipinski definition) is 8. The lowest BCUT2D eigenvalue weighted by Gasteiger charge is -2.43. The van der Waals surface area contributed by atoms with Gasteiger partial charge in [0.2, 0.25) is 0 Å². The molecule has 3 rings (SSSR count). The van der Waals surface area contributed by atoms with E-state index in [9.17, 15) is 0 Å². The van der Waals surface area contributed by atoms with Gasteiger partial charge in [-0.2, -0.15) is 0 Å². The Hall–Kier alpha value is -2.76. The van der Waals surface area contributed by atoms with E-state index in [0.29, 0.717) is 90.7 Å². The normalized spacial score (nSPS) is 12.0. The van der Waals surface area contributed by atoms with Gasteiger partial charge in [0, 0.05) is 0 Å². The van der Waals surface area contributed by atoms with Crippen molar-refractivity contribution >= 4 is 24.4 Å². The predicted octanol–water partition coefficient (Wildman–Crippen LogP) is 4.31. The van der Waals surface area contributed by atoms with Gasteiger partial charge in [0.05, 0.1) is 78.4 Å². The largest absolute Gasteiger partial charge is 0.489 e. The Morgan fingerprint density at radius 2 is 0.860 bits per heavy atom. The minimum Gasteiger partial charge on any atom is -0.489 e. The first kappa shape index (κ1) is 34.7. The Kier molecular flexibility index (Phi) is 15.7. The lowest BCUT2D eigenvalue weighted by atomic mass is 10.2. The van der Waals surface area contributed by atoms with Gasteiger partial charge in [0.25, 0.3) is 8.32 Å². The van der Waals surface area contributed by atoms with Crippen LogP contribution in [0.25, 0.3) is 0 Å². The zero-order valence-electron chi connectivity index (χ0n) is 26.0. The highest BCUT2D eigenvalue weighted by Crippen LogP contribution is 2.36. The third kappa shape index (κ3) is 11.7. The van der Waals surface area contributed by atoms with E-state index in [-0.39, 0.29) is 5.04 Å². The molecule has 0 unspecified atom stereocenters. The number of rotatable bonds is 22. The van der Waals surface area contributed by atoms with Gasteiger partial charge in [-0.05, 0) is 27.5 Å². The van der Waals surface area contributed by atoms with Crippen LogP contribution in [0.2, 0.25) is 5.04 Å². The van der Waals surface area contributed by atoms with Crippen molar-refractivity contribution in [3.63, 3.8) is 0 Å². The molecule has 3 aromatic rings. The molecule has 2 N–H and O–H groups in total. The fourth-order valence-electron chi connectivity index (χ4n) is 4.82. The minimum absolute atomic E-state index is 0.0501. The molecule has 0 atom stereocenters. The molecule has 0 aliphatic carbocycles. The van der Waals surface area contributed by atoms with Crippen LogP contribution < -0.4 is 20.8 Å². The van der Waals surface area contributed by atoms with Crippen LogP contribution in [0.1, 0.15) is 20.8 Å². The van der Waals surface area contributed by atoms with Crippen LogP contribution >= 0.6 is 0 Å². The average molecular weight is 612 g/mol. The molecule has 3 aromatic carbocycles. The summed E-state index contributed by atoms with van der Waals surface area (Å²) in [6.45, 7) is 12.9. The average Bonchev–Trinajstić information content (AvgIpc) is 3.01. The number of ether oxygens (including phenoxy) is 6. The summed E-state index contributed by atoms with van der Waals surface area (Å²) in [4.78, 5) is 0. The quantitative estimate of drug-likeness (QED) is 0.102. The SMILES string of the molecule is CC(C)(C)[Si](OCCOCCOCCOCCOCCOCCOc1ccccc1N)(c1ccccc1)c1ccccc1. The van der Waals surface area contributed by atoms with Crippen LogP contribution in [0, 0.1) is 0 Å². The van der Waals surface area contributed by atoms with Gasteiger partial charge in [0.1, 0.15) is 12.4 Å². The molecule has 0 bridgehead atoms. The molecule has 0 radical (unpaired) electrons. The summed E-state index contributed by atoms with van der Waals surface area (Å²) in [6, 6.07) is 28.7. The van der Waals surface area contributed by atoms with Gasteiger partial charge in [-0.25, -0.2) is 0 Å². The number of para-hydroxylation sites is 2. The van der Waals surface area contributed by atoms with Gasteiger partial charge in [0.15, 0.2) is 0 Å². The summed E-state index contributed by atoms with van der Waals surface area (Å²) in [7, 11) is -2.53. The van der Waals surface area contributed by atoms with Crippen LogP contribution in [0.5, 0.6) is 5.75 Å². The zero-order chi connectivity index (χ0) is 30.6. The number of nitrogen functional groups attached to an aromatic ring is 1. The van der Waals surface area contributed by atoms with Gasteiger partial charge < -0.3 is 38.6 Å². The third-order valence-electron chi connectivity index (χ3n) is 6.86. The molecule has 0 heterocycles. The van der Waals surface area contributed by atoms with Crippen LogP contribution in [0.15, 0.2) is 84.9 Å². The number of hydrogen-bond donors (Lipinski definition) is 1. The fourth-order valence-corrected chi connectivity index (χ4v) is 9.36. The molecular weight excluding hydrogens is 562 g/mol. The van der Waals surface area contributed by atoms with E-state index in [1.165, 1.54) is 10.4 Å². The zero-order valence-corrected chi connectivity index (χ0v) is 27.0. The molecule has 0 amide bonds. The van der Waals surface area contributed by atoms with Crippen LogP contribution in [-0.2, 0) is 28.1 Å². The van der Waals surface area contributed by atoms with Crippen LogP contribution in [0.3, 0.4) is 0 Å². The summed E-state index contributed by atoms with van der Waals surface area (Å²) in [5.41, 5.74) is 6.46. The van der Waals surface area contributed by atoms with E-state index in [0.717, 1.165) is 0 Å². The summed E-state index contributed by atoms with van der Waals surface area (Å²) < 4.78 is 40.5. The van der Waals surface area contributed by atoms with Gasteiger partial charge in [-0.15, -0.1) is 0 Å². The highest BCUT2D eigenvalue weighted by molar-refractivity contribution is 6.99. The maximum atomic E-state index is 6.83. The molecule has 0 saturated heterocycles. The Bertz CT molecular complexity index is 1090. The highest BCUT2D eigenvalue weighted by atomic mass is 28.4. The van der Waals surface area contributed by atoms with E-state index in [1.807, 2.05) is 24.3 Å². The summed E-state index contributed by atoms with van der Waals surface area (Å²) in [5, 5.41) is 2.49. The Balaban J connectivity index is 1.18. The maximum Gasteiger partial charge on any atom is 0.261 e. The summed E-state index contributed by atoms with van der Waals surface area (Å²) in [6.07, 6.45) is 0. The predicted molar refractivity (Wildman–Crippen MR) is 174 cm³/mol. The van der Waals surface area contributed by atoms with Crippen molar-refractivity contribution in [2.75, 3.05) is 85.0 Å². The summed E-state index contributed by atoms with van der Waals surface area (Å²) >= 11 is 0. The third-order valence-corrected chi connectivity index (χ3v) is 11.9. The first-order chi connectivity index (χ1) is 20.9. The first-order valence-corrected chi connectivity index (χ1v) is 17.0. The Morgan fingerprint density at radius 1 is 0.488 bits per heavy atom. The van der Waals surface area contributed by atoms with Crippen molar-refractivity contribution in [2.45, 2.75) is 25.8 Å². The lowest BCUT2D eigenvalue weighted by Crippen LogP contribution is -2.66. The molecular formula is C34H49NO7Si. The van der Waals surface area contributed by atoms with Gasteiger partial charge in [-0.3, -0.25) is 0 Å². The topological polar surface area (TPSA) is 90.6 Å². The van der Waals surface area contributed by atoms with Crippen LogP contribution in [0.4, 0.5) is 5.69 Å². The smallest absolute Gasteiger partial charge is 0.261 e. The second kappa shape index (κ2) is 19.5. The van der Waals surface area contributed by atoms with Crippen molar-refractivity contribution < 1.29 is 32.8 Å². The maximum absolute atomic E-state index is 6.83. The molecule has 0 aliphatic heterocycles.